The molecule has 13 heteroatoms. The van der Waals surface area contributed by atoms with Crippen LogP contribution < -0.4 is 9.47 Å². The number of nitriles is 1. The van der Waals surface area contributed by atoms with Crippen molar-refractivity contribution in [2.24, 2.45) is 4.99 Å². The van der Waals surface area contributed by atoms with Gasteiger partial charge in [0.2, 0.25) is 11.8 Å². The van der Waals surface area contributed by atoms with Crippen LogP contribution in [-0.2, 0) is 18.6 Å². The molecule has 0 aliphatic heterocycles. The summed E-state index contributed by atoms with van der Waals surface area (Å²) in [5.41, 5.74) is 3.59. The summed E-state index contributed by atoms with van der Waals surface area (Å²) in [6, 6.07) is 12.3. The van der Waals surface area contributed by atoms with Crippen molar-refractivity contribution in [3.05, 3.63) is 92.6 Å². The minimum absolute atomic E-state index is 0.308. The van der Waals surface area contributed by atoms with Gasteiger partial charge in [-0.3, -0.25) is 4.99 Å². The van der Waals surface area contributed by atoms with Crippen molar-refractivity contribution in [2.75, 3.05) is 20.0 Å². The Hall–Kier alpha value is -4.11. The number of hydrogen-bond acceptors (Lipinski definition) is 11. The predicted octanol–water partition coefficient (Wildman–Crippen LogP) is 7.12. The second-order valence-electron chi connectivity index (χ2n) is 9.27. The number of benzene rings is 2. The summed E-state index contributed by atoms with van der Waals surface area (Å²) in [4.78, 5) is 14.9. The zero-order chi connectivity index (χ0) is 30.9. The summed E-state index contributed by atoms with van der Waals surface area (Å²) >= 11 is 14.2. The Morgan fingerprint density at radius 1 is 1.21 bits per heavy atom. The van der Waals surface area contributed by atoms with Crippen molar-refractivity contribution in [2.45, 2.75) is 32.4 Å². The van der Waals surface area contributed by atoms with Crippen molar-refractivity contribution in [1.29, 1.82) is 5.26 Å². The Balaban J connectivity index is 1.46. The first kappa shape index (κ1) is 31.8. The number of nitrogens with zero attached hydrogens (tertiary/aromatic N) is 7. The highest BCUT2D eigenvalue weighted by molar-refractivity contribution is 7.98. The van der Waals surface area contributed by atoms with Crippen molar-refractivity contribution >= 4 is 47.4 Å². The quantitative estimate of drug-likeness (QED) is 0.110. The van der Waals surface area contributed by atoms with E-state index < -0.39 is 0 Å². The fraction of sp³-hybridized carbons (Fsp3) is 0.267. The summed E-state index contributed by atoms with van der Waals surface area (Å²) in [5.74, 6) is 3.98. The number of aromatic nitrogens is 4. The lowest BCUT2D eigenvalue weighted by Gasteiger charge is -2.19. The molecule has 222 valence electrons. The maximum Gasteiger partial charge on any atom is 0.265 e. The molecule has 4 aromatic rings. The molecule has 0 aliphatic rings. The highest BCUT2D eigenvalue weighted by atomic mass is 35.5. The molecule has 43 heavy (non-hydrogen) atoms. The Morgan fingerprint density at radius 3 is 2.74 bits per heavy atom. The third-order valence-corrected chi connectivity index (χ3v) is 7.78. The van der Waals surface area contributed by atoms with E-state index in [0.717, 1.165) is 23.2 Å². The van der Waals surface area contributed by atoms with Crippen molar-refractivity contribution in [1.82, 2.24) is 25.1 Å². The predicted molar refractivity (Wildman–Crippen MR) is 169 cm³/mol. The highest BCUT2D eigenvalue weighted by Gasteiger charge is 2.19. The Labute approximate surface area is 264 Å². The fourth-order valence-corrected chi connectivity index (χ4v) is 5.32. The van der Waals surface area contributed by atoms with Gasteiger partial charge < -0.3 is 18.8 Å². The third-order valence-electron chi connectivity index (χ3n) is 6.23. The number of ether oxygens (including phenoxy) is 2. The van der Waals surface area contributed by atoms with Gasteiger partial charge in [0, 0.05) is 23.8 Å². The molecule has 0 unspecified atom stereocenters. The van der Waals surface area contributed by atoms with Crippen molar-refractivity contribution in [3.63, 3.8) is 0 Å². The van der Waals surface area contributed by atoms with E-state index in [9.17, 15) is 5.26 Å². The van der Waals surface area contributed by atoms with E-state index in [1.807, 2.05) is 37.9 Å². The normalized spacial score (nSPS) is 11.2. The van der Waals surface area contributed by atoms with Crippen LogP contribution in [0, 0.1) is 18.3 Å². The first-order valence-corrected chi connectivity index (χ1v) is 15.0. The summed E-state index contributed by atoms with van der Waals surface area (Å²) < 4.78 is 17.4. The van der Waals surface area contributed by atoms with E-state index in [4.69, 9.17) is 37.1 Å². The van der Waals surface area contributed by atoms with Gasteiger partial charge in [-0.05, 0) is 55.5 Å². The van der Waals surface area contributed by atoms with E-state index in [2.05, 4.69) is 37.9 Å². The van der Waals surface area contributed by atoms with Crippen LogP contribution in [0.3, 0.4) is 0 Å². The summed E-state index contributed by atoms with van der Waals surface area (Å²) in [7, 11) is 3.50. The summed E-state index contributed by atoms with van der Waals surface area (Å²) in [5, 5.41) is 18.6. The Bertz CT molecular complexity index is 1660. The molecule has 0 saturated heterocycles. The Kier molecular flexibility index (Phi) is 11.0. The van der Waals surface area contributed by atoms with Crippen LogP contribution in [0.5, 0.6) is 17.4 Å². The van der Waals surface area contributed by atoms with Crippen LogP contribution >= 0.6 is 35.0 Å². The number of methoxy groups -OCH3 is 1. The molecule has 0 amide bonds. The minimum Gasteiger partial charge on any atom is -0.481 e. The molecule has 2 aromatic carbocycles. The number of halogens is 2. The lowest BCUT2D eigenvalue weighted by atomic mass is 10.0. The maximum absolute atomic E-state index is 9.26. The molecular formula is C30H29Cl2N7O3S. The zero-order valence-electron chi connectivity index (χ0n) is 24.1. The number of thioether (sulfide) groups is 1. The van der Waals surface area contributed by atoms with E-state index in [1.165, 1.54) is 0 Å². The average molecular weight is 639 g/mol. The zero-order valence-corrected chi connectivity index (χ0v) is 26.4. The van der Waals surface area contributed by atoms with Gasteiger partial charge in [0.1, 0.15) is 23.0 Å². The van der Waals surface area contributed by atoms with Gasteiger partial charge in [0.15, 0.2) is 0 Å². The van der Waals surface area contributed by atoms with Gasteiger partial charge in [0.25, 0.3) is 5.89 Å². The molecule has 0 spiro atoms. The molecule has 4 rings (SSSR count). The molecular weight excluding hydrogens is 609 g/mol. The first-order valence-electron chi connectivity index (χ1n) is 13.1. The summed E-state index contributed by atoms with van der Waals surface area (Å²) in [6.45, 7) is 7.52. The number of hydrogen-bond donors (Lipinski definition) is 0. The highest BCUT2D eigenvalue weighted by Crippen LogP contribution is 2.36. The fourth-order valence-electron chi connectivity index (χ4n) is 4.03. The second-order valence-corrected chi connectivity index (χ2v) is 11.1. The third kappa shape index (κ3) is 8.26. The van der Waals surface area contributed by atoms with Crippen LogP contribution in [0.4, 0.5) is 0 Å². The number of aryl methyl sites for hydroxylation is 1. The van der Waals surface area contributed by atoms with Crippen LogP contribution in [0.2, 0.25) is 10.0 Å². The molecule has 2 heterocycles. The number of aliphatic imine (C=N–C) groups is 1. The molecule has 0 fully saturated rings. The standard InChI is InChI=1S/C30H29Cl2N7O3S/c1-6-22-13-27(40-5)36-26(35-22)16-43-17-39(4)25(15-34-3)30-38-37-28(42-30)11-20-7-8-24(32)29(18(20)2)41-23-10-19(14-33)9-21(31)12-23/h7-10,12-13,15H,3,6,11,16-17H2,1-2,4-5H3/b25-15-. The summed E-state index contributed by atoms with van der Waals surface area (Å²) in [6.07, 6.45) is 2.71. The molecule has 2 aromatic heterocycles. The molecule has 0 aliphatic carbocycles. The van der Waals surface area contributed by atoms with Gasteiger partial charge in [-0.15, -0.1) is 22.0 Å². The maximum atomic E-state index is 9.26. The van der Waals surface area contributed by atoms with E-state index in [0.29, 0.717) is 74.3 Å². The molecule has 0 atom stereocenters. The van der Waals surface area contributed by atoms with Gasteiger partial charge >= 0.3 is 0 Å². The SMILES string of the molecule is C=N/C=C(/c1nnc(Cc2ccc(Cl)c(Oc3cc(Cl)cc(C#N)c3)c2C)o1)N(C)CSCc1nc(CC)cc(OC)n1. The lowest BCUT2D eigenvalue weighted by Crippen LogP contribution is -2.16. The van der Waals surface area contributed by atoms with Crippen molar-refractivity contribution < 1.29 is 13.9 Å². The molecule has 0 N–H and O–H groups in total. The molecule has 0 saturated carbocycles. The van der Waals surface area contributed by atoms with Gasteiger partial charge in [0.05, 0.1) is 48.0 Å². The van der Waals surface area contributed by atoms with Crippen LogP contribution in [0.1, 0.15) is 46.9 Å². The van der Waals surface area contributed by atoms with E-state index >= 15 is 0 Å². The van der Waals surface area contributed by atoms with E-state index in [-0.39, 0.29) is 0 Å². The van der Waals surface area contributed by atoms with Gasteiger partial charge in [-0.1, -0.05) is 36.2 Å². The Morgan fingerprint density at radius 2 is 2.02 bits per heavy atom. The smallest absolute Gasteiger partial charge is 0.265 e. The largest absolute Gasteiger partial charge is 0.481 e. The number of rotatable bonds is 13. The monoisotopic (exact) mass is 637 g/mol. The molecule has 0 bridgehead atoms. The van der Waals surface area contributed by atoms with Crippen molar-refractivity contribution in [3.8, 4) is 23.4 Å². The molecule has 10 nitrogen and oxygen atoms in total. The van der Waals surface area contributed by atoms with Crippen LogP contribution in [-0.4, -0.2) is 51.8 Å². The minimum atomic E-state index is 0.308. The average Bonchev–Trinajstić information content (AvgIpc) is 3.46. The topological polar surface area (TPSA) is 123 Å². The molecule has 0 radical (unpaired) electrons. The van der Waals surface area contributed by atoms with Gasteiger partial charge in [-0.25, -0.2) is 4.98 Å². The van der Waals surface area contributed by atoms with Crippen LogP contribution in [0.25, 0.3) is 5.70 Å². The second kappa shape index (κ2) is 14.9. The van der Waals surface area contributed by atoms with Gasteiger partial charge in [-0.2, -0.15) is 10.2 Å². The van der Waals surface area contributed by atoms with E-state index in [1.54, 1.807) is 49.3 Å². The van der Waals surface area contributed by atoms with Crippen LogP contribution in [0.15, 0.2) is 52.0 Å². The lowest BCUT2D eigenvalue weighted by molar-refractivity contribution is 0.394. The first-order chi connectivity index (χ1) is 20.7.